The summed E-state index contributed by atoms with van der Waals surface area (Å²) in [6.45, 7) is 4.07. The van der Waals surface area contributed by atoms with Crippen molar-refractivity contribution in [2.75, 3.05) is 0 Å². The number of allylic oxidation sites excluding steroid dienone is 1. The molecule has 3 rings (SSSR count). The summed E-state index contributed by atoms with van der Waals surface area (Å²) < 4.78 is 0. The molecule has 2 nitrogen and oxygen atoms in total. The van der Waals surface area contributed by atoms with E-state index in [-0.39, 0.29) is 23.5 Å². The van der Waals surface area contributed by atoms with E-state index in [9.17, 15) is 10.2 Å². The van der Waals surface area contributed by atoms with Gasteiger partial charge in [0.25, 0.3) is 0 Å². The van der Waals surface area contributed by atoms with Crippen LogP contribution in [0.25, 0.3) is 0 Å². The molecule has 15 heavy (non-hydrogen) atoms. The molecule has 2 N–H and O–H groups in total. The van der Waals surface area contributed by atoms with Crippen molar-refractivity contribution in [1.29, 1.82) is 0 Å². The third-order valence-corrected chi connectivity index (χ3v) is 4.81. The van der Waals surface area contributed by atoms with Gasteiger partial charge in [0.2, 0.25) is 0 Å². The van der Waals surface area contributed by atoms with Crippen LogP contribution < -0.4 is 0 Å². The number of rotatable bonds is 0. The van der Waals surface area contributed by atoms with Crippen molar-refractivity contribution < 1.29 is 10.2 Å². The maximum absolute atomic E-state index is 10.2. The van der Waals surface area contributed by atoms with Crippen LogP contribution in [0.15, 0.2) is 24.3 Å². The fourth-order valence-electron chi connectivity index (χ4n) is 3.95. The number of hydrogen-bond acceptors (Lipinski definition) is 2. The molecule has 1 spiro atoms. The van der Waals surface area contributed by atoms with Gasteiger partial charge in [-0.1, -0.05) is 24.3 Å². The standard InChI is InChI=1S/C13H18O2/c1-8-6-13-7-10(8)11(14)5-9(13)3-2-4-12(13)15/h2,4,9-12,14-15H,1,3,5-7H2/t9-,10-,11?,12?,13+/m1/s1. The lowest BCUT2D eigenvalue weighted by Crippen LogP contribution is -2.46. The molecule has 5 atom stereocenters. The molecule has 2 bridgehead atoms. The lowest BCUT2D eigenvalue weighted by molar-refractivity contribution is -0.0538. The van der Waals surface area contributed by atoms with Crippen LogP contribution in [0.1, 0.15) is 25.7 Å². The molecular weight excluding hydrogens is 188 g/mol. The van der Waals surface area contributed by atoms with E-state index in [1.165, 1.54) is 0 Å². The second-order valence-electron chi connectivity index (χ2n) is 5.49. The summed E-state index contributed by atoms with van der Waals surface area (Å²) in [6, 6.07) is 0. The van der Waals surface area contributed by atoms with Crippen LogP contribution in [0.5, 0.6) is 0 Å². The topological polar surface area (TPSA) is 40.5 Å². The van der Waals surface area contributed by atoms with E-state index in [1.54, 1.807) is 0 Å². The first-order valence-electron chi connectivity index (χ1n) is 5.84. The predicted molar refractivity (Wildman–Crippen MR) is 58.2 cm³/mol. The minimum atomic E-state index is -0.328. The maximum Gasteiger partial charge on any atom is 0.0783 e. The predicted octanol–water partition coefficient (Wildman–Crippen LogP) is 1.64. The minimum Gasteiger partial charge on any atom is -0.392 e. The molecule has 0 amide bonds. The summed E-state index contributed by atoms with van der Waals surface area (Å²) in [5, 5.41) is 20.2. The Morgan fingerprint density at radius 2 is 2.20 bits per heavy atom. The lowest BCUT2D eigenvalue weighted by Gasteiger charge is -2.46. The Hall–Kier alpha value is -0.600. The minimum absolute atomic E-state index is 0.00965. The first-order valence-corrected chi connectivity index (χ1v) is 5.84. The van der Waals surface area contributed by atoms with Gasteiger partial charge in [0.05, 0.1) is 12.2 Å². The van der Waals surface area contributed by atoms with Crippen molar-refractivity contribution in [3.05, 3.63) is 24.3 Å². The van der Waals surface area contributed by atoms with Gasteiger partial charge in [0, 0.05) is 11.3 Å². The summed E-state index contributed by atoms with van der Waals surface area (Å²) in [5.41, 5.74) is 1.16. The number of fused-ring (bicyclic) bond motifs is 1. The molecule has 0 aromatic heterocycles. The molecule has 3 aliphatic carbocycles. The van der Waals surface area contributed by atoms with Crippen LogP contribution in [0.2, 0.25) is 0 Å². The molecule has 0 saturated heterocycles. The molecule has 2 saturated carbocycles. The van der Waals surface area contributed by atoms with E-state index in [4.69, 9.17) is 0 Å². The molecule has 0 aliphatic heterocycles. The average Bonchev–Trinajstić information content (AvgIpc) is 2.49. The van der Waals surface area contributed by atoms with Gasteiger partial charge in [0.1, 0.15) is 0 Å². The van der Waals surface area contributed by atoms with Gasteiger partial charge < -0.3 is 10.2 Å². The quantitative estimate of drug-likeness (QED) is 0.591. The highest BCUT2D eigenvalue weighted by Crippen LogP contribution is 2.60. The van der Waals surface area contributed by atoms with Gasteiger partial charge in [-0.2, -0.15) is 0 Å². The maximum atomic E-state index is 10.2. The highest BCUT2D eigenvalue weighted by Gasteiger charge is 2.56. The van der Waals surface area contributed by atoms with Gasteiger partial charge in [-0.15, -0.1) is 0 Å². The van der Waals surface area contributed by atoms with Crippen molar-refractivity contribution >= 4 is 0 Å². The number of aliphatic hydroxyl groups is 2. The lowest BCUT2D eigenvalue weighted by atomic mass is 9.60. The average molecular weight is 206 g/mol. The van der Waals surface area contributed by atoms with Crippen LogP contribution in [0.3, 0.4) is 0 Å². The Kier molecular flexibility index (Phi) is 1.89. The second-order valence-corrected chi connectivity index (χ2v) is 5.49. The SMILES string of the molecule is C=C1C[C@]23C[C@H]1C(O)C[C@H]2CC=CC3O. The van der Waals surface area contributed by atoms with E-state index in [1.807, 2.05) is 6.08 Å². The number of hydrogen-bond donors (Lipinski definition) is 2. The normalized spacial score (nSPS) is 53.1. The Balaban J connectivity index is 2.03. The third-order valence-electron chi connectivity index (χ3n) is 4.81. The van der Waals surface area contributed by atoms with Crippen molar-refractivity contribution in [3.63, 3.8) is 0 Å². The van der Waals surface area contributed by atoms with Crippen LogP contribution in [-0.2, 0) is 0 Å². The van der Waals surface area contributed by atoms with Crippen molar-refractivity contribution in [3.8, 4) is 0 Å². The van der Waals surface area contributed by atoms with Gasteiger partial charge in [-0.25, -0.2) is 0 Å². The van der Waals surface area contributed by atoms with Gasteiger partial charge in [-0.3, -0.25) is 0 Å². The first-order chi connectivity index (χ1) is 7.13. The summed E-state index contributed by atoms with van der Waals surface area (Å²) in [4.78, 5) is 0. The smallest absolute Gasteiger partial charge is 0.0783 e. The molecule has 0 heterocycles. The highest BCUT2D eigenvalue weighted by atomic mass is 16.3. The Bertz CT molecular complexity index is 333. The van der Waals surface area contributed by atoms with E-state index in [0.29, 0.717) is 5.92 Å². The molecule has 0 aromatic carbocycles. The van der Waals surface area contributed by atoms with Crippen molar-refractivity contribution in [2.24, 2.45) is 17.3 Å². The summed E-state index contributed by atoms with van der Waals surface area (Å²) >= 11 is 0. The van der Waals surface area contributed by atoms with Crippen molar-refractivity contribution in [2.45, 2.75) is 37.9 Å². The molecule has 2 fully saturated rings. The van der Waals surface area contributed by atoms with E-state index < -0.39 is 0 Å². The zero-order chi connectivity index (χ0) is 10.6. The van der Waals surface area contributed by atoms with Crippen LogP contribution in [0, 0.1) is 17.3 Å². The molecule has 82 valence electrons. The van der Waals surface area contributed by atoms with Crippen LogP contribution >= 0.6 is 0 Å². The number of aliphatic hydroxyl groups excluding tert-OH is 2. The van der Waals surface area contributed by atoms with Crippen molar-refractivity contribution in [1.82, 2.24) is 0 Å². The Morgan fingerprint density at radius 1 is 1.40 bits per heavy atom. The monoisotopic (exact) mass is 206 g/mol. The van der Waals surface area contributed by atoms with Crippen LogP contribution in [0.4, 0.5) is 0 Å². The Morgan fingerprint density at radius 3 is 3.00 bits per heavy atom. The fraction of sp³-hybridized carbons (Fsp3) is 0.692. The third kappa shape index (κ3) is 1.12. The first kappa shape index (κ1) is 9.61. The Labute approximate surface area is 90.3 Å². The molecular formula is C13H18O2. The van der Waals surface area contributed by atoms with Gasteiger partial charge >= 0.3 is 0 Å². The zero-order valence-corrected chi connectivity index (χ0v) is 8.89. The summed E-state index contributed by atoms with van der Waals surface area (Å²) in [5.74, 6) is 0.686. The summed E-state index contributed by atoms with van der Waals surface area (Å²) in [6.07, 6.45) is 7.13. The molecule has 2 unspecified atom stereocenters. The molecule has 0 radical (unpaired) electrons. The molecule has 2 heteroatoms. The molecule has 3 aliphatic rings. The zero-order valence-electron chi connectivity index (χ0n) is 8.89. The van der Waals surface area contributed by atoms with E-state index in [0.717, 1.165) is 31.3 Å². The van der Waals surface area contributed by atoms with E-state index >= 15 is 0 Å². The second kappa shape index (κ2) is 2.96. The highest BCUT2D eigenvalue weighted by molar-refractivity contribution is 5.25. The summed E-state index contributed by atoms with van der Waals surface area (Å²) in [7, 11) is 0. The van der Waals surface area contributed by atoms with Gasteiger partial charge in [0.15, 0.2) is 0 Å². The largest absolute Gasteiger partial charge is 0.392 e. The van der Waals surface area contributed by atoms with Gasteiger partial charge in [-0.05, 0) is 31.6 Å². The van der Waals surface area contributed by atoms with Crippen LogP contribution in [-0.4, -0.2) is 22.4 Å². The fourth-order valence-corrected chi connectivity index (χ4v) is 3.95. The molecule has 0 aromatic rings. The van der Waals surface area contributed by atoms with E-state index in [2.05, 4.69) is 12.7 Å².